The number of nitrogens with zero attached hydrogens (tertiary/aromatic N) is 1. The van der Waals surface area contributed by atoms with Crippen LogP contribution in [0.1, 0.15) is 15.9 Å². The molecule has 22 heavy (non-hydrogen) atoms. The van der Waals surface area contributed by atoms with Crippen LogP contribution in [0.2, 0.25) is 0 Å². The van der Waals surface area contributed by atoms with E-state index in [1.807, 2.05) is 23.6 Å². The van der Waals surface area contributed by atoms with Crippen molar-refractivity contribution in [3.05, 3.63) is 77.2 Å². The fourth-order valence-corrected chi connectivity index (χ4v) is 2.79. The molecule has 1 N–H and O–H groups in total. The number of aromatic nitrogens is 1. The lowest BCUT2D eigenvalue weighted by molar-refractivity contribution is 0.0947. The van der Waals surface area contributed by atoms with Crippen molar-refractivity contribution in [2.75, 3.05) is 0 Å². The first-order chi connectivity index (χ1) is 10.7. The minimum atomic E-state index is -0.523. The van der Waals surface area contributed by atoms with Crippen LogP contribution in [0.3, 0.4) is 0 Å². The van der Waals surface area contributed by atoms with Gasteiger partial charge in [-0.05, 0) is 35.2 Å². The Hall–Kier alpha value is -2.53. The number of nitrogens with one attached hydrogen (secondary N) is 1. The van der Waals surface area contributed by atoms with Gasteiger partial charge in [-0.15, -0.1) is 11.3 Å². The summed E-state index contributed by atoms with van der Waals surface area (Å²) < 4.78 is 13.5. The standard InChI is InChI=1S/C17H13FN2OS/c18-15-5-2-1-4-14(15)17(21)20-10-12-8-13(11-19-9-12)16-6-3-7-22-16/h1-9,11H,10H2,(H,20,21). The third-order valence-electron chi connectivity index (χ3n) is 3.17. The molecular weight excluding hydrogens is 299 g/mol. The lowest BCUT2D eigenvalue weighted by Gasteiger charge is -2.07. The Morgan fingerprint density at radius 3 is 2.82 bits per heavy atom. The molecule has 0 saturated heterocycles. The number of carbonyl (C=O) groups excluding carboxylic acids is 1. The molecule has 1 amide bonds. The van der Waals surface area contributed by atoms with Gasteiger partial charge in [-0.2, -0.15) is 0 Å². The Bertz CT molecular complexity index is 787. The first-order valence-electron chi connectivity index (χ1n) is 6.74. The van der Waals surface area contributed by atoms with Gasteiger partial charge in [0.05, 0.1) is 5.56 Å². The molecule has 2 aromatic heterocycles. The molecule has 0 saturated carbocycles. The fourth-order valence-electron chi connectivity index (χ4n) is 2.08. The highest BCUT2D eigenvalue weighted by Gasteiger charge is 2.10. The van der Waals surface area contributed by atoms with Crippen molar-refractivity contribution in [2.45, 2.75) is 6.54 Å². The van der Waals surface area contributed by atoms with E-state index in [2.05, 4.69) is 10.3 Å². The van der Waals surface area contributed by atoms with Crippen molar-refractivity contribution >= 4 is 17.2 Å². The number of halogens is 1. The molecule has 0 aliphatic carbocycles. The van der Waals surface area contributed by atoms with Crippen molar-refractivity contribution in [1.82, 2.24) is 10.3 Å². The van der Waals surface area contributed by atoms with E-state index in [9.17, 15) is 9.18 Å². The monoisotopic (exact) mass is 312 g/mol. The molecule has 0 unspecified atom stereocenters. The maximum atomic E-state index is 13.5. The van der Waals surface area contributed by atoms with Crippen molar-refractivity contribution in [3.8, 4) is 10.4 Å². The Balaban J connectivity index is 1.71. The van der Waals surface area contributed by atoms with Gasteiger partial charge in [0.1, 0.15) is 5.82 Å². The van der Waals surface area contributed by atoms with Crippen LogP contribution in [-0.2, 0) is 6.54 Å². The molecule has 0 aliphatic rings. The molecule has 3 aromatic rings. The minimum absolute atomic E-state index is 0.0462. The maximum Gasteiger partial charge on any atom is 0.254 e. The molecular formula is C17H13FN2OS. The molecule has 0 atom stereocenters. The largest absolute Gasteiger partial charge is 0.348 e. The highest BCUT2D eigenvalue weighted by Crippen LogP contribution is 2.24. The quantitative estimate of drug-likeness (QED) is 0.794. The van der Waals surface area contributed by atoms with E-state index < -0.39 is 11.7 Å². The Morgan fingerprint density at radius 1 is 1.18 bits per heavy atom. The lowest BCUT2D eigenvalue weighted by Crippen LogP contribution is -2.23. The van der Waals surface area contributed by atoms with E-state index >= 15 is 0 Å². The van der Waals surface area contributed by atoms with Gasteiger partial charge < -0.3 is 5.32 Å². The Kier molecular flexibility index (Phi) is 4.25. The van der Waals surface area contributed by atoms with Crippen LogP contribution in [0, 0.1) is 5.82 Å². The summed E-state index contributed by atoms with van der Waals surface area (Å²) in [6.45, 7) is 0.305. The van der Waals surface area contributed by atoms with E-state index in [0.717, 1.165) is 16.0 Å². The van der Waals surface area contributed by atoms with Crippen LogP contribution in [0.25, 0.3) is 10.4 Å². The van der Waals surface area contributed by atoms with Crippen molar-refractivity contribution in [1.29, 1.82) is 0 Å². The van der Waals surface area contributed by atoms with Crippen LogP contribution in [0.4, 0.5) is 4.39 Å². The number of hydrogen-bond donors (Lipinski definition) is 1. The molecule has 0 aliphatic heterocycles. The van der Waals surface area contributed by atoms with E-state index in [1.165, 1.54) is 12.1 Å². The third kappa shape index (κ3) is 3.20. The second kappa shape index (κ2) is 6.49. The Labute approximate surface area is 131 Å². The van der Waals surface area contributed by atoms with E-state index in [-0.39, 0.29) is 5.56 Å². The average molecular weight is 312 g/mol. The third-order valence-corrected chi connectivity index (χ3v) is 4.09. The first-order valence-corrected chi connectivity index (χ1v) is 7.62. The molecule has 1 aromatic carbocycles. The van der Waals surface area contributed by atoms with Crippen molar-refractivity contribution in [2.24, 2.45) is 0 Å². The van der Waals surface area contributed by atoms with Crippen LogP contribution in [0.5, 0.6) is 0 Å². The molecule has 0 spiro atoms. The van der Waals surface area contributed by atoms with Crippen LogP contribution < -0.4 is 5.32 Å². The predicted octanol–water partition coefficient (Wildman–Crippen LogP) is 3.88. The van der Waals surface area contributed by atoms with Gasteiger partial charge in [0.2, 0.25) is 0 Å². The van der Waals surface area contributed by atoms with Gasteiger partial charge in [-0.25, -0.2) is 4.39 Å². The maximum absolute atomic E-state index is 13.5. The molecule has 2 heterocycles. The molecule has 5 heteroatoms. The summed E-state index contributed by atoms with van der Waals surface area (Å²) in [6.07, 6.45) is 3.48. The summed E-state index contributed by atoms with van der Waals surface area (Å²) in [5.74, 6) is -0.954. The summed E-state index contributed by atoms with van der Waals surface area (Å²) in [4.78, 5) is 17.3. The number of rotatable bonds is 4. The van der Waals surface area contributed by atoms with Gasteiger partial charge in [0.25, 0.3) is 5.91 Å². The number of benzene rings is 1. The number of thiophene rings is 1. The number of carbonyl (C=O) groups is 1. The first kappa shape index (κ1) is 14.4. The minimum Gasteiger partial charge on any atom is -0.348 e. The zero-order chi connectivity index (χ0) is 15.4. The molecule has 0 bridgehead atoms. The second-order valence-corrected chi connectivity index (χ2v) is 5.67. The average Bonchev–Trinajstić information content (AvgIpc) is 3.08. The second-order valence-electron chi connectivity index (χ2n) is 4.72. The van der Waals surface area contributed by atoms with Crippen LogP contribution in [-0.4, -0.2) is 10.9 Å². The highest BCUT2D eigenvalue weighted by molar-refractivity contribution is 7.13. The topological polar surface area (TPSA) is 42.0 Å². The fraction of sp³-hybridized carbons (Fsp3) is 0.0588. The van der Waals surface area contributed by atoms with Gasteiger partial charge in [0, 0.05) is 29.4 Å². The van der Waals surface area contributed by atoms with Gasteiger partial charge in [0.15, 0.2) is 0 Å². The zero-order valence-corrected chi connectivity index (χ0v) is 12.4. The van der Waals surface area contributed by atoms with E-state index in [0.29, 0.717) is 6.54 Å². The van der Waals surface area contributed by atoms with Gasteiger partial charge >= 0.3 is 0 Å². The molecule has 110 valence electrons. The van der Waals surface area contributed by atoms with Gasteiger partial charge in [-0.1, -0.05) is 18.2 Å². The van der Waals surface area contributed by atoms with Gasteiger partial charge in [-0.3, -0.25) is 9.78 Å². The smallest absolute Gasteiger partial charge is 0.254 e. The van der Waals surface area contributed by atoms with E-state index in [1.54, 1.807) is 35.9 Å². The highest BCUT2D eigenvalue weighted by atomic mass is 32.1. The summed E-state index contributed by atoms with van der Waals surface area (Å²) in [5.41, 5.74) is 1.92. The van der Waals surface area contributed by atoms with Crippen molar-refractivity contribution < 1.29 is 9.18 Å². The predicted molar refractivity (Wildman–Crippen MR) is 85.1 cm³/mol. The zero-order valence-electron chi connectivity index (χ0n) is 11.6. The molecule has 0 fully saturated rings. The molecule has 3 nitrogen and oxygen atoms in total. The SMILES string of the molecule is O=C(NCc1cncc(-c2cccs2)c1)c1ccccc1F. The van der Waals surface area contributed by atoms with Crippen LogP contribution in [0.15, 0.2) is 60.2 Å². The van der Waals surface area contributed by atoms with Crippen LogP contribution >= 0.6 is 11.3 Å². The lowest BCUT2D eigenvalue weighted by atomic mass is 10.1. The summed E-state index contributed by atoms with van der Waals surface area (Å²) in [6, 6.07) is 11.9. The molecule has 3 rings (SSSR count). The summed E-state index contributed by atoms with van der Waals surface area (Å²) in [5, 5.41) is 4.71. The number of pyridine rings is 1. The van der Waals surface area contributed by atoms with Crippen molar-refractivity contribution in [3.63, 3.8) is 0 Å². The summed E-state index contributed by atoms with van der Waals surface area (Å²) >= 11 is 1.63. The normalized spacial score (nSPS) is 10.4. The number of amides is 1. The molecule has 0 radical (unpaired) electrons. The summed E-state index contributed by atoms with van der Waals surface area (Å²) in [7, 11) is 0. The number of hydrogen-bond acceptors (Lipinski definition) is 3. The van der Waals surface area contributed by atoms with E-state index in [4.69, 9.17) is 0 Å². The Morgan fingerprint density at radius 2 is 2.05 bits per heavy atom.